The fraction of sp³-hybridized carbons (Fsp3) is 1.00. The number of hydrogen-bond acceptors (Lipinski definition) is 3. The first-order valence-electron chi connectivity index (χ1n) is 4.83. The molecule has 2 atom stereocenters. The van der Waals surface area contributed by atoms with E-state index in [1.807, 2.05) is 20.8 Å². The lowest BCUT2D eigenvalue weighted by molar-refractivity contribution is 0.475. The Kier molecular flexibility index (Phi) is 5.56. The Morgan fingerprint density at radius 2 is 1.85 bits per heavy atom. The van der Waals surface area contributed by atoms with E-state index in [2.05, 4.69) is 5.32 Å². The van der Waals surface area contributed by atoms with E-state index in [0.717, 1.165) is 13.0 Å². The summed E-state index contributed by atoms with van der Waals surface area (Å²) in [4.78, 5) is 0. The Bertz CT molecular complexity index is 224. The predicted molar refractivity (Wildman–Crippen MR) is 56.6 cm³/mol. The monoisotopic (exact) mass is 207 g/mol. The van der Waals surface area contributed by atoms with Crippen molar-refractivity contribution in [2.75, 3.05) is 19.3 Å². The Balaban J connectivity index is 4.38. The van der Waals surface area contributed by atoms with Gasteiger partial charge in [0.1, 0.15) is 0 Å². The molecule has 0 radical (unpaired) electrons. The minimum Gasteiger partial charge on any atom is -0.316 e. The molecule has 0 aromatic rings. The van der Waals surface area contributed by atoms with Gasteiger partial charge in [0.25, 0.3) is 0 Å². The predicted octanol–water partition coefficient (Wildman–Crippen LogP) is 1.06. The Hall–Kier alpha value is -0.0900. The van der Waals surface area contributed by atoms with Gasteiger partial charge in [0.2, 0.25) is 0 Å². The Morgan fingerprint density at radius 3 is 2.15 bits per heavy atom. The lowest BCUT2D eigenvalue weighted by Crippen LogP contribution is -2.37. The molecule has 0 aromatic heterocycles. The van der Waals surface area contributed by atoms with Crippen LogP contribution in [0.2, 0.25) is 0 Å². The lowest BCUT2D eigenvalue weighted by Gasteiger charge is -2.21. The molecule has 80 valence electrons. The first-order chi connectivity index (χ1) is 5.93. The van der Waals surface area contributed by atoms with Crippen LogP contribution in [0.1, 0.15) is 27.2 Å². The summed E-state index contributed by atoms with van der Waals surface area (Å²) in [5.41, 5.74) is 0. The van der Waals surface area contributed by atoms with Crippen LogP contribution in [0.15, 0.2) is 0 Å². The van der Waals surface area contributed by atoms with Gasteiger partial charge in [-0.3, -0.25) is 0 Å². The summed E-state index contributed by atoms with van der Waals surface area (Å²) < 4.78 is 22.8. The van der Waals surface area contributed by atoms with Crippen LogP contribution in [0, 0.1) is 5.92 Å². The zero-order valence-corrected chi connectivity index (χ0v) is 9.82. The van der Waals surface area contributed by atoms with Gasteiger partial charge in [-0.05, 0) is 12.5 Å². The van der Waals surface area contributed by atoms with Gasteiger partial charge in [-0.25, -0.2) is 8.42 Å². The summed E-state index contributed by atoms with van der Waals surface area (Å²) in [7, 11) is -2.91. The normalized spacial score (nSPS) is 16.9. The molecule has 0 rings (SSSR count). The maximum Gasteiger partial charge on any atom is 0.151 e. The smallest absolute Gasteiger partial charge is 0.151 e. The van der Waals surface area contributed by atoms with E-state index in [1.165, 1.54) is 6.26 Å². The molecule has 0 fully saturated rings. The van der Waals surface area contributed by atoms with Gasteiger partial charge in [0, 0.05) is 12.8 Å². The van der Waals surface area contributed by atoms with Crippen LogP contribution in [0.25, 0.3) is 0 Å². The molecule has 0 amide bonds. The molecule has 0 aliphatic rings. The van der Waals surface area contributed by atoms with Crippen molar-refractivity contribution in [3.8, 4) is 0 Å². The molecule has 0 saturated carbocycles. The van der Waals surface area contributed by atoms with Gasteiger partial charge in [-0.2, -0.15) is 0 Å². The van der Waals surface area contributed by atoms with Gasteiger partial charge in [0.05, 0.1) is 5.25 Å². The molecule has 0 saturated heterocycles. The van der Waals surface area contributed by atoms with Crippen molar-refractivity contribution in [2.24, 2.45) is 5.92 Å². The summed E-state index contributed by atoms with van der Waals surface area (Å²) in [6.45, 7) is 7.39. The highest BCUT2D eigenvalue weighted by molar-refractivity contribution is 7.91. The Labute approximate surface area is 81.8 Å². The van der Waals surface area contributed by atoms with Crippen molar-refractivity contribution < 1.29 is 8.42 Å². The number of nitrogens with one attached hydrogen (secondary N) is 1. The van der Waals surface area contributed by atoms with Crippen LogP contribution in [0.4, 0.5) is 0 Å². The second-order valence-corrected chi connectivity index (χ2v) is 5.83. The molecule has 0 aliphatic carbocycles. The molecule has 1 N–H and O–H groups in total. The first-order valence-corrected chi connectivity index (χ1v) is 6.78. The summed E-state index contributed by atoms with van der Waals surface area (Å²) in [5, 5.41) is 2.85. The fourth-order valence-corrected chi connectivity index (χ4v) is 2.78. The zero-order chi connectivity index (χ0) is 10.5. The summed E-state index contributed by atoms with van der Waals surface area (Å²) in [6.07, 6.45) is 2.23. The van der Waals surface area contributed by atoms with Crippen LogP contribution < -0.4 is 5.32 Å². The maximum absolute atomic E-state index is 11.4. The molecule has 4 heteroatoms. The SMILES string of the molecule is CCNCC(C(C)CC)S(C)(=O)=O. The number of hydrogen-bond donors (Lipinski definition) is 1. The summed E-state index contributed by atoms with van der Waals surface area (Å²) in [5.74, 6) is 0.231. The molecular formula is C9H21NO2S. The number of rotatable bonds is 6. The highest BCUT2D eigenvalue weighted by atomic mass is 32.2. The summed E-state index contributed by atoms with van der Waals surface area (Å²) >= 11 is 0. The van der Waals surface area contributed by atoms with E-state index < -0.39 is 9.84 Å². The molecule has 0 spiro atoms. The van der Waals surface area contributed by atoms with E-state index in [9.17, 15) is 8.42 Å². The molecule has 2 unspecified atom stereocenters. The molecule has 13 heavy (non-hydrogen) atoms. The Morgan fingerprint density at radius 1 is 1.31 bits per heavy atom. The van der Waals surface area contributed by atoms with Crippen molar-refractivity contribution in [2.45, 2.75) is 32.4 Å². The second kappa shape index (κ2) is 5.60. The van der Waals surface area contributed by atoms with Gasteiger partial charge < -0.3 is 5.32 Å². The molecule has 0 aromatic carbocycles. The van der Waals surface area contributed by atoms with Crippen molar-refractivity contribution >= 4 is 9.84 Å². The van der Waals surface area contributed by atoms with Crippen LogP contribution in [0.5, 0.6) is 0 Å². The van der Waals surface area contributed by atoms with Crippen LogP contribution in [-0.2, 0) is 9.84 Å². The average molecular weight is 207 g/mol. The minimum atomic E-state index is -2.91. The first kappa shape index (κ1) is 12.9. The third-order valence-corrected chi connectivity index (χ3v) is 4.16. The van der Waals surface area contributed by atoms with E-state index in [-0.39, 0.29) is 11.2 Å². The molecule has 0 heterocycles. The summed E-state index contributed by atoms with van der Waals surface area (Å²) in [6, 6.07) is 0. The van der Waals surface area contributed by atoms with E-state index >= 15 is 0 Å². The fourth-order valence-electron chi connectivity index (χ4n) is 1.32. The van der Waals surface area contributed by atoms with Crippen molar-refractivity contribution in [1.82, 2.24) is 5.32 Å². The highest BCUT2D eigenvalue weighted by Gasteiger charge is 2.25. The third-order valence-electron chi connectivity index (χ3n) is 2.42. The van der Waals surface area contributed by atoms with E-state index in [1.54, 1.807) is 0 Å². The van der Waals surface area contributed by atoms with Gasteiger partial charge in [0.15, 0.2) is 9.84 Å². The molecule has 3 nitrogen and oxygen atoms in total. The topological polar surface area (TPSA) is 46.2 Å². The molecule has 0 bridgehead atoms. The van der Waals surface area contributed by atoms with Gasteiger partial charge in [-0.1, -0.05) is 27.2 Å². The van der Waals surface area contributed by atoms with Gasteiger partial charge in [-0.15, -0.1) is 0 Å². The van der Waals surface area contributed by atoms with Crippen molar-refractivity contribution in [3.05, 3.63) is 0 Å². The van der Waals surface area contributed by atoms with Crippen molar-refractivity contribution in [1.29, 1.82) is 0 Å². The average Bonchev–Trinajstić information content (AvgIpc) is 2.02. The quantitative estimate of drug-likeness (QED) is 0.708. The maximum atomic E-state index is 11.4. The highest BCUT2D eigenvalue weighted by Crippen LogP contribution is 2.14. The largest absolute Gasteiger partial charge is 0.316 e. The second-order valence-electron chi connectivity index (χ2n) is 3.56. The molecular weight excluding hydrogens is 186 g/mol. The molecule has 0 aliphatic heterocycles. The minimum absolute atomic E-state index is 0.231. The zero-order valence-electron chi connectivity index (χ0n) is 9.00. The van der Waals surface area contributed by atoms with Crippen LogP contribution >= 0.6 is 0 Å². The van der Waals surface area contributed by atoms with E-state index in [4.69, 9.17) is 0 Å². The number of sulfone groups is 1. The van der Waals surface area contributed by atoms with Crippen molar-refractivity contribution in [3.63, 3.8) is 0 Å². The van der Waals surface area contributed by atoms with E-state index in [0.29, 0.717) is 6.54 Å². The standard InChI is InChI=1S/C9H21NO2S/c1-5-8(3)9(7-10-6-2)13(4,11)12/h8-10H,5-7H2,1-4H3. The van der Waals surface area contributed by atoms with Gasteiger partial charge >= 0.3 is 0 Å². The van der Waals surface area contributed by atoms with Crippen LogP contribution in [0.3, 0.4) is 0 Å². The lowest BCUT2D eigenvalue weighted by atomic mass is 10.1. The third kappa shape index (κ3) is 4.62. The van der Waals surface area contributed by atoms with Crippen LogP contribution in [-0.4, -0.2) is 33.0 Å².